The van der Waals surface area contributed by atoms with E-state index in [0.29, 0.717) is 18.5 Å². The summed E-state index contributed by atoms with van der Waals surface area (Å²) in [5.74, 6) is -0.254. The Bertz CT molecular complexity index is 782. The van der Waals surface area contributed by atoms with E-state index in [1.807, 2.05) is 6.92 Å². The molecule has 138 valence electrons. The standard InChI is InChI=1S/C20H21Cl2NO3/c1-3-13(2)20(25)15-9-10-16(19(22)18(15)21)26-12-17(24)23-11-14-7-5-4-6-8-14/h4-5,8-10H,2-3,6-7,11-12H2,1H3,(H,23,24). The number of rotatable bonds is 8. The lowest BCUT2D eigenvalue weighted by molar-refractivity contribution is -0.122. The molecule has 26 heavy (non-hydrogen) atoms. The number of allylic oxidation sites excluding steroid dienone is 4. The van der Waals surface area contributed by atoms with E-state index >= 15 is 0 Å². The van der Waals surface area contributed by atoms with Crippen molar-refractivity contribution in [2.45, 2.75) is 26.2 Å². The van der Waals surface area contributed by atoms with Gasteiger partial charge in [-0.15, -0.1) is 0 Å². The van der Waals surface area contributed by atoms with Crippen molar-refractivity contribution in [3.63, 3.8) is 0 Å². The van der Waals surface area contributed by atoms with Crippen LogP contribution in [0.25, 0.3) is 0 Å². The number of halogens is 2. The summed E-state index contributed by atoms with van der Waals surface area (Å²) < 4.78 is 5.45. The van der Waals surface area contributed by atoms with Crippen LogP contribution in [-0.4, -0.2) is 24.8 Å². The molecule has 0 unspecified atom stereocenters. The largest absolute Gasteiger partial charge is 0.482 e. The second-order valence-electron chi connectivity index (χ2n) is 5.86. The molecule has 1 aromatic rings. The number of carbonyl (C=O) groups excluding carboxylic acids is 2. The number of carbonyl (C=O) groups is 2. The fourth-order valence-corrected chi connectivity index (χ4v) is 2.83. The van der Waals surface area contributed by atoms with Gasteiger partial charge in [0.25, 0.3) is 5.91 Å². The SMILES string of the molecule is C=C(CC)C(=O)c1ccc(OCC(=O)NCC2=CCC=CC2)c(Cl)c1Cl. The monoisotopic (exact) mass is 393 g/mol. The first-order valence-corrected chi connectivity index (χ1v) is 9.12. The van der Waals surface area contributed by atoms with Gasteiger partial charge in [-0.1, -0.05) is 60.5 Å². The first-order valence-electron chi connectivity index (χ1n) is 8.36. The van der Waals surface area contributed by atoms with Crippen LogP contribution >= 0.6 is 23.2 Å². The Morgan fingerprint density at radius 2 is 2.00 bits per heavy atom. The predicted molar refractivity (Wildman–Crippen MR) is 105 cm³/mol. The summed E-state index contributed by atoms with van der Waals surface area (Å²) in [6.07, 6.45) is 8.53. The summed E-state index contributed by atoms with van der Waals surface area (Å²) in [7, 11) is 0. The van der Waals surface area contributed by atoms with Crippen molar-refractivity contribution in [1.82, 2.24) is 5.32 Å². The van der Waals surface area contributed by atoms with Crippen molar-refractivity contribution < 1.29 is 14.3 Å². The zero-order chi connectivity index (χ0) is 19.1. The van der Waals surface area contributed by atoms with E-state index in [4.69, 9.17) is 27.9 Å². The molecule has 0 spiro atoms. The summed E-state index contributed by atoms with van der Waals surface area (Å²) in [5, 5.41) is 3.01. The number of Topliss-reactive ketones (excluding diaryl/α,β-unsaturated/α-hetero) is 1. The van der Waals surface area contributed by atoms with Gasteiger partial charge in [0.15, 0.2) is 12.4 Å². The van der Waals surface area contributed by atoms with Crippen molar-refractivity contribution in [3.05, 3.63) is 63.7 Å². The van der Waals surface area contributed by atoms with Gasteiger partial charge in [0.1, 0.15) is 10.8 Å². The maximum Gasteiger partial charge on any atom is 0.258 e. The normalized spacial score (nSPS) is 13.1. The van der Waals surface area contributed by atoms with Crippen LogP contribution < -0.4 is 10.1 Å². The van der Waals surface area contributed by atoms with Crippen LogP contribution in [0, 0.1) is 0 Å². The van der Waals surface area contributed by atoms with Gasteiger partial charge < -0.3 is 10.1 Å². The number of benzene rings is 1. The van der Waals surface area contributed by atoms with Gasteiger partial charge in [0, 0.05) is 12.1 Å². The lowest BCUT2D eigenvalue weighted by atomic mass is 10.0. The zero-order valence-corrected chi connectivity index (χ0v) is 16.1. The van der Waals surface area contributed by atoms with E-state index in [0.717, 1.165) is 12.8 Å². The quantitative estimate of drug-likeness (QED) is 0.387. The second kappa shape index (κ2) is 9.60. The topological polar surface area (TPSA) is 55.4 Å². The van der Waals surface area contributed by atoms with Gasteiger partial charge in [-0.3, -0.25) is 9.59 Å². The van der Waals surface area contributed by atoms with Gasteiger partial charge in [-0.2, -0.15) is 0 Å². The minimum absolute atomic E-state index is 0.100. The van der Waals surface area contributed by atoms with Crippen LogP contribution in [0.5, 0.6) is 5.75 Å². The minimum atomic E-state index is -0.257. The summed E-state index contributed by atoms with van der Waals surface area (Å²) in [6, 6.07) is 3.07. The number of hydrogen-bond acceptors (Lipinski definition) is 3. The average Bonchev–Trinajstić information content (AvgIpc) is 2.67. The molecule has 1 amide bonds. The molecular weight excluding hydrogens is 373 g/mol. The van der Waals surface area contributed by atoms with E-state index in [1.165, 1.54) is 17.7 Å². The van der Waals surface area contributed by atoms with Crippen molar-refractivity contribution in [2.75, 3.05) is 13.2 Å². The molecule has 0 saturated carbocycles. The molecule has 1 aliphatic rings. The smallest absolute Gasteiger partial charge is 0.258 e. The molecule has 0 atom stereocenters. The molecule has 2 rings (SSSR count). The van der Waals surface area contributed by atoms with Gasteiger partial charge in [0.2, 0.25) is 0 Å². The third kappa shape index (κ3) is 5.23. The summed E-state index contributed by atoms with van der Waals surface area (Å²) in [5.41, 5.74) is 1.89. The van der Waals surface area contributed by atoms with Gasteiger partial charge >= 0.3 is 0 Å². The molecule has 1 N–H and O–H groups in total. The minimum Gasteiger partial charge on any atom is -0.482 e. The highest BCUT2D eigenvalue weighted by molar-refractivity contribution is 6.45. The molecule has 6 heteroatoms. The molecule has 0 bridgehead atoms. The Hall–Kier alpha value is -2.04. The van der Waals surface area contributed by atoms with E-state index in [1.54, 1.807) is 0 Å². The van der Waals surface area contributed by atoms with E-state index in [9.17, 15) is 9.59 Å². The summed E-state index contributed by atoms with van der Waals surface area (Å²) in [4.78, 5) is 24.1. The Morgan fingerprint density at radius 1 is 1.23 bits per heavy atom. The van der Waals surface area contributed by atoms with Crippen molar-refractivity contribution >= 4 is 34.9 Å². The highest BCUT2D eigenvalue weighted by Crippen LogP contribution is 2.35. The average molecular weight is 394 g/mol. The second-order valence-corrected chi connectivity index (χ2v) is 6.62. The van der Waals surface area contributed by atoms with E-state index in [2.05, 4.69) is 30.1 Å². The number of nitrogens with one attached hydrogen (secondary N) is 1. The Kier molecular flexibility index (Phi) is 7.49. The molecular formula is C20H21Cl2NO3. The number of ketones is 1. The van der Waals surface area contributed by atoms with Crippen LogP contribution in [-0.2, 0) is 4.79 Å². The molecule has 0 saturated heterocycles. The first-order chi connectivity index (χ1) is 12.4. The van der Waals surface area contributed by atoms with Gasteiger partial charge in [-0.25, -0.2) is 0 Å². The Labute approximate surface area is 163 Å². The fraction of sp³-hybridized carbons (Fsp3) is 0.300. The maximum atomic E-state index is 12.2. The van der Waals surface area contributed by atoms with Crippen molar-refractivity contribution in [1.29, 1.82) is 0 Å². The van der Waals surface area contributed by atoms with Crippen LogP contribution in [0.15, 0.2) is 48.1 Å². The van der Waals surface area contributed by atoms with E-state index in [-0.39, 0.29) is 39.7 Å². The highest BCUT2D eigenvalue weighted by Gasteiger charge is 2.18. The molecule has 1 aromatic carbocycles. The number of amides is 1. The molecule has 1 aliphatic carbocycles. The van der Waals surface area contributed by atoms with Crippen molar-refractivity contribution in [3.8, 4) is 5.75 Å². The molecule has 0 aromatic heterocycles. The molecule has 0 radical (unpaired) electrons. The Balaban J connectivity index is 1.94. The predicted octanol–water partition coefficient (Wildman–Crippen LogP) is 4.91. The fourth-order valence-electron chi connectivity index (χ4n) is 2.37. The van der Waals surface area contributed by atoms with Crippen molar-refractivity contribution in [2.24, 2.45) is 0 Å². The lowest BCUT2D eigenvalue weighted by Crippen LogP contribution is -2.30. The highest BCUT2D eigenvalue weighted by atomic mass is 35.5. The zero-order valence-electron chi connectivity index (χ0n) is 14.6. The third-order valence-electron chi connectivity index (χ3n) is 4.00. The number of hydrogen-bond donors (Lipinski definition) is 1. The van der Waals surface area contributed by atoms with Crippen LogP contribution in [0.4, 0.5) is 0 Å². The molecule has 0 aliphatic heterocycles. The van der Waals surface area contributed by atoms with Crippen LogP contribution in [0.3, 0.4) is 0 Å². The van der Waals surface area contributed by atoms with Crippen LogP contribution in [0.2, 0.25) is 10.0 Å². The maximum absolute atomic E-state index is 12.2. The first kappa shape index (κ1) is 20.3. The molecule has 0 heterocycles. The number of ether oxygens (including phenoxy) is 1. The summed E-state index contributed by atoms with van der Waals surface area (Å²) in [6.45, 7) is 5.86. The van der Waals surface area contributed by atoms with Gasteiger partial charge in [-0.05, 0) is 37.0 Å². The summed E-state index contributed by atoms with van der Waals surface area (Å²) >= 11 is 12.4. The Morgan fingerprint density at radius 3 is 2.65 bits per heavy atom. The van der Waals surface area contributed by atoms with Gasteiger partial charge in [0.05, 0.1) is 5.02 Å². The lowest BCUT2D eigenvalue weighted by Gasteiger charge is -2.13. The van der Waals surface area contributed by atoms with E-state index < -0.39 is 0 Å². The third-order valence-corrected chi connectivity index (χ3v) is 4.86. The molecule has 0 fully saturated rings. The van der Waals surface area contributed by atoms with Crippen LogP contribution in [0.1, 0.15) is 36.5 Å². The molecule has 4 nitrogen and oxygen atoms in total.